The van der Waals surface area contributed by atoms with E-state index in [1.807, 2.05) is 12.1 Å². The fourth-order valence-corrected chi connectivity index (χ4v) is 5.85. The molecule has 0 unspecified atom stereocenters. The summed E-state index contributed by atoms with van der Waals surface area (Å²) in [6, 6.07) is 20.8. The number of hydrogen-bond acceptors (Lipinski definition) is 6. The molecule has 2 aromatic carbocycles. The summed E-state index contributed by atoms with van der Waals surface area (Å²) in [5.41, 5.74) is 4.28. The normalized spacial score (nSPS) is 16.7. The molecule has 0 aliphatic carbocycles. The van der Waals surface area contributed by atoms with Crippen LogP contribution in [0.3, 0.4) is 0 Å². The summed E-state index contributed by atoms with van der Waals surface area (Å²) in [6.45, 7) is 8.72. The number of carbonyl (C=O) groups excluding carboxylic acids is 1. The molecule has 0 spiro atoms. The van der Waals surface area contributed by atoms with Crippen molar-refractivity contribution in [1.82, 2.24) is 19.4 Å². The van der Waals surface area contributed by atoms with Crippen molar-refractivity contribution in [2.45, 2.75) is 39.2 Å². The standard InChI is InChI=1S/C32H39N7O/c1-25-21-30(35-32(33-25)38-14-7-2-3-8-15-38)37-19-17-36(18-20-37)24-31(40)34-28-11-12-29-27(22-28)13-16-39(29)23-26-9-5-4-6-10-26/h4-6,9-13,16,21-22H,2-3,7-8,14-15,17-20,23-24H2,1H3,(H,34,40). The summed E-state index contributed by atoms with van der Waals surface area (Å²) < 4.78 is 2.24. The van der Waals surface area contributed by atoms with Crippen LogP contribution in [0.1, 0.15) is 36.9 Å². The maximum Gasteiger partial charge on any atom is 0.238 e. The highest BCUT2D eigenvalue weighted by Crippen LogP contribution is 2.23. The second-order valence-corrected chi connectivity index (χ2v) is 11.1. The largest absolute Gasteiger partial charge is 0.354 e. The number of hydrogen-bond donors (Lipinski definition) is 1. The molecule has 2 saturated heterocycles. The number of aryl methyl sites for hydroxylation is 1. The summed E-state index contributed by atoms with van der Waals surface area (Å²) in [4.78, 5) is 29.5. The van der Waals surface area contributed by atoms with Crippen LogP contribution >= 0.6 is 0 Å². The number of piperazine rings is 1. The first-order chi connectivity index (χ1) is 19.6. The second-order valence-electron chi connectivity index (χ2n) is 11.1. The van der Waals surface area contributed by atoms with E-state index in [4.69, 9.17) is 9.97 Å². The van der Waals surface area contributed by atoms with Crippen molar-refractivity contribution < 1.29 is 4.79 Å². The van der Waals surface area contributed by atoms with Gasteiger partial charge >= 0.3 is 0 Å². The van der Waals surface area contributed by atoms with Crippen LogP contribution in [0.15, 0.2) is 66.9 Å². The Kier molecular flexibility index (Phi) is 7.95. The molecule has 1 amide bonds. The number of amides is 1. The van der Waals surface area contributed by atoms with E-state index in [9.17, 15) is 4.79 Å². The van der Waals surface area contributed by atoms with Crippen molar-refractivity contribution in [2.75, 3.05) is 60.9 Å². The van der Waals surface area contributed by atoms with Crippen molar-refractivity contribution in [2.24, 2.45) is 0 Å². The molecule has 0 radical (unpaired) electrons. The first-order valence-electron chi connectivity index (χ1n) is 14.6. The molecule has 2 aliphatic rings. The van der Waals surface area contributed by atoms with Gasteiger partial charge < -0.3 is 19.7 Å². The molecule has 4 heterocycles. The van der Waals surface area contributed by atoms with E-state index < -0.39 is 0 Å². The summed E-state index contributed by atoms with van der Waals surface area (Å²) in [6.07, 6.45) is 7.12. The second kappa shape index (κ2) is 12.1. The fourth-order valence-electron chi connectivity index (χ4n) is 5.85. The predicted molar refractivity (Wildman–Crippen MR) is 162 cm³/mol. The minimum Gasteiger partial charge on any atom is -0.354 e. The Morgan fingerprint density at radius 1 is 0.825 bits per heavy atom. The van der Waals surface area contributed by atoms with Gasteiger partial charge in [-0.1, -0.05) is 43.2 Å². The SMILES string of the molecule is Cc1cc(N2CCN(CC(=O)Nc3ccc4c(ccn4Cc4ccccc4)c3)CC2)nc(N2CCCCCC2)n1. The van der Waals surface area contributed by atoms with Crippen molar-refractivity contribution >= 4 is 34.3 Å². The molecule has 6 rings (SSSR count). The van der Waals surface area contributed by atoms with Gasteiger partial charge in [-0.2, -0.15) is 4.98 Å². The summed E-state index contributed by atoms with van der Waals surface area (Å²) >= 11 is 0. The summed E-state index contributed by atoms with van der Waals surface area (Å²) in [5, 5.41) is 4.24. The van der Waals surface area contributed by atoms with E-state index in [0.29, 0.717) is 6.54 Å². The Bertz CT molecular complexity index is 1430. The highest BCUT2D eigenvalue weighted by molar-refractivity contribution is 5.95. The first kappa shape index (κ1) is 26.3. The average molecular weight is 538 g/mol. The van der Waals surface area contributed by atoms with E-state index in [2.05, 4.69) is 86.2 Å². The van der Waals surface area contributed by atoms with Gasteiger partial charge in [0.25, 0.3) is 0 Å². The third-order valence-corrected chi connectivity index (χ3v) is 8.03. The fraction of sp³-hybridized carbons (Fsp3) is 0.406. The van der Waals surface area contributed by atoms with Gasteiger partial charge in [0.05, 0.1) is 6.54 Å². The predicted octanol–water partition coefficient (Wildman–Crippen LogP) is 4.93. The third kappa shape index (κ3) is 6.28. The van der Waals surface area contributed by atoms with E-state index in [-0.39, 0.29) is 5.91 Å². The zero-order valence-corrected chi connectivity index (χ0v) is 23.4. The number of carbonyl (C=O) groups is 1. The number of nitrogens with zero attached hydrogens (tertiary/aromatic N) is 6. The van der Waals surface area contributed by atoms with Gasteiger partial charge in [-0.3, -0.25) is 9.69 Å². The molecule has 2 fully saturated rings. The smallest absolute Gasteiger partial charge is 0.238 e. The molecule has 0 saturated carbocycles. The lowest BCUT2D eigenvalue weighted by molar-refractivity contribution is -0.117. The van der Waals surface area contributed by atoms with Crippen molar-refractivity contribution in [3.63, 3.8) is 0 Å². The maximum absolute atomic E-state index is 12.9. The molecule has 0 atom stereocenters. The number of aromatic nitrogens is 3. The summed E-state index contributed by atoms with van der Waals surface area (Å²) in [7, 11) is 0. The van der Waals surface area contributed by atoms with E-state index in [1.165, 1.54) is 31.2 Å². The Morgan fingerprint density at radius 3 is 2.38 bits per heavy atom. The van der Waals surface area contributed by atoms with Gasteiger partial charge in [0.15, 0.2) is 0 Å². The van der Waals surface area contributed by atoms with Crippen LogP contribution in [0.4, 0.5) is 17.5 Å². The Labute approximate surface area is 236 Å². The first-order valence-corrected chi connectivity index (χ1v) is 14.6. The Balaban J connectivity index is 1.02. The van der Waals surface area contributed by atoms with Gasteiger partial charge in [0.1, 0.15) is 5.82 Å². The third-order valence-electron chi connectivity index (χ3n) is 8.03. The van der Waals surface area contributed by atoms with Crippen molar-refractivity contribution in [1.29, 1.82) is 0 Å². The van der Waals surface area contributed by atoms with Gasteiger partial charge in [0.2, 0.25) is 11.9 Å². The van der Waals surface area contributed by atoms with Crippen LogP contribution in [-0.2, 0) is 11.3 Å². The molecule has 2 aliphatic heterocycles. The lowest BCUT2D eigenvalue weighted by atomic mass is 10.2. The highest BCUT2D eigenvalue weighted by atomic mass is 16.2. The van der Waals surface area contributed by atoms with Crippen LogP contribution in [-0.4, -0.2) is 71.2 Å². The van der Waals surface area contributed by atoms with Crippen LogP contribution in [0, 0.1) is 6.92 Å². The quantitative estimate of drug-likeness (QED) is 0.361. The Morgan fingerprint density at radius 2 is 1.60 bits per heavy atom. The molecule has 2 aromatic heterocycles. The molecule has 40 heavy (non-hydrogen) atoms. The number of rotatable bonds is 7. The summed E-state index contributed by atoms with van der Waals surface area (Å²) in [5.74, 6) is 1.90. The van der Waals surface area contributed by atoms with Crippen molar-refractivity contribution in [3.8, 4) is 0 Å². The average Bonchev–Trinajstić information content (AvgIpc) is 3.16. The van der Waals surface area contributed by atoms with Gasteiger partial charge in [-0.15, -0.1) is 0 Å². The topological polar surface area (TPSA) is 69.5 Å². The number of fused-ring (bicyclic) bond motifs is 1. The number of nitrogens with one attached hydrogen (secondary N) is 1. The number of benzene rings is 2. The van der Waals surface area contributed by atoms with Gasteiger partial charge in [-0.25, -0.2) is 4.98 Å². The highest BCUT2D eigenvalue weighted by Gasteiger charge is 2.22. The molecular formula is C32H39N7O. The molecular weight excluding hydrogens is 498 g/mol. The minimum atomic E-state index is 0.0258. The van der Waals surface area contributed by atoms with Crippen molar-refractivity contribution in [3.05, 3.63) is 78.1 Å². The van der Waals surface area contributed by atoms with E-state index >= 15 is 0 Å². The molecule has 208 valence electrons. The lowest BCUT2D eigenvalue weighted by Crippen LogP contribution is -2.49. The van der Waals surface area contributed by atoms with Crippen LogP contribution in [0.5, 0.6) is 0 Å². The van der Waals surface area contributed by atoms with Crippen LogP contribution < -0.4 is 15.1 Å². The molecule has 1 N–H and O–H groups in total. The van der Waals surface area contributed by atoms with E-state index in [0.717, 1.165) is 79.9 Å². The molecule has 4 aromatic rings. The van der Waals surface area contributed by atoms with E-state index in [1.54, 1.807) is 0 Å². The van der Waals surface area contributed by atoms with Gasteiger partial charge in [0, 0.05) is 80.4 Å². The molecule has 8 nitrogen and oxygen atoms in total. The molecule has 8 heteroatoms. The minimum absolute atomic E-state index is 0.0258. The maximum atomic E-state index is 12.9. The van der Waals surface area contributed by atoms with Crippen LogP contribution in [0.2, 0.25) is 0 Å². The zero-order chi connectivity index (χ0) is 27.3. The van der Waals surface area contributed by atoms with Gasteiger partial charge in [-0.05, 0) is 49.6 Å². The monoisotopic (exact) mass is 537 g/mol. The Hall–Kier alpha value is -3.91. The lowest BCUT2D eigenvalue weighted by Gasteiger charge is -2.35. The number of anilines is 3. The molecule has 0 bridgehead atoms. The zero-order valence-electron chi connectivity index (χ0n) is 23.4. The van der Waals surface area contributed by atoms with Crippen LogP contribution in [0.25, 0.3) is 10.9 Å².